The van der Waals surface area contributed by atoms with Crippen LogP contribution in [0.25, 0.3) is 0 Å². The average molecular weight is 10700 g/mol. The summed E-state index contributed by atoms with van der Waals surface area (Å²) in [6, 6.07) is 0. The van der Waals surface area contributed by atoms with Crippen molar-refractivity contribution in [2.45, 2.75) is 0 Å². The van der Waals surface area contributed by atoms with Crippen molar-refractivity contribution in [1.82, 2.24) is 0 Å². The maximum absolute atomic E-state index is 3.46. The Kier molecular flexibility index (Phi) is 151. The second-order valence-corrected chi connectivity index (χ2v) is 2000. The summed E-state index contributed by atoms with van der Waals surface area (Å²) in [5.41, 5.74) is 0. The summed E-state index contributed by atoms with van der Waals surface area (Å²) in [7, 11) is -24.4. The molecule has 0 atom stereocenters. The maximum atomic E-state index is 3.46. The Bertz CT molecular complexity index is 1580. The minimum absolute atomic E-state index is 0.486. The normalized spacial score (nSPS) is 19.1. The van der Waals surface area contributed by atoms with Gasteiger partial charge < -0.3 is 0 Å². The monoisotopic (exact) mass is 10700 g/mol. The molecule has 0 N–H and O–H groups in total. The van der Waals surface area contributed by atoms with Gasteiger partial charge in [0, 0.05) is 0 Å². The van der Waals surface area contributed by atoms with Gasteiger partial charge in [-0.25, -0.2) is 0 Å². The van der Waals surface area contributed by atoms with Gasteiger partial charge in [0.1, 0.15) is 0 Å². The number of hydrogen-bond acceptors (Lipinski definition) is 0. The molecule has 0 unspecified atom stereocenters. The van der Waals surface area contributed by atoms with Gasteiger partial charge in [0.15, 0.2) is 0 Å². The van der Waals surface area contributed by atoms with E-state index in [9.17, 15) is 0 Å². The fourth-order valence-corrected chi connectivity index (χ4v) is 16300. The summed E-state index contributed by atoms with van der Waals surface area (Å²) in [4.78, 5) is 0. The van der Waals surface area contributed by atoms with Crippen molar-refractivity contribution in [2.24, 2.45) is 0 Å². The molecular weight excluding hydrogens is 10700 g/mol. The molecule has 0 aliphatic rings. The molecule has 0 aliphatic carbocycles. The Labute approximate surface area is 1060 Å². The van der Waals surface area contributed by atoms with E-state index < -0.39 is 324 Å². The number of halogens is 84. The first-order valence-corrected chi connectivity index (χ1v) is 534. The van der Waals surface area contributed by atoms with Crippen LogP contribution in [-0.2, 0) is 0 Å². The molecule has 0 saturated carbocycles. The molecule has 0 aliphatic heterocycles. The molecule has 0 amide bonds. The van der Waals surface area contributed by atoms with Crippen LogP contribution < -0.4 is 0 Å². The van der Waals surface area contributed by atoms with Crippen molar-refractivity contribution in [3.63, 3.8) is 0 Å². The van der Waals surface area contributed by atoms with E-state index in [0.29, 0.717) is 0 Å². The number of rotatable bonds is 40. The molecule has 0 radical (unpaired) electrons. The fourth-order valence-electron chi connectivity index (χ4n) is 1.20. The molecule has 0 spiro atoms. The van der Waals surface area contributed by atoms with Gasteiger partial charge >= 0.3 is 1120 Å². The first-order chi connectivity index (χ1) is 38.2. The molecule has 0 aromatic carbocycles. The van der Waals surface area contributed by atoms with E-state index in [2.05, 4.69) is 800 Å². The molecular formula is I84. The quantitative estimate of drug-likeness (QED) is 0.0537. The Morgan fingerprint density at radius 1 is 0.0595 bits per heavy atom. The fraction of sp³-hybridized carbons (Fsp3) is 0. The zero-order valence-electron chi connectivity index (χ0n) is 31.7. The van der Waals surface area contributed by atoms with E-state index in [1.807, 2.05) is 0 Å². The summed E-state index contributed by atoms with van der Waals surface area (Å²) in [5.74, 6) is 0. The standard InChI is InChI=1S/I84/c1-44(2)46(5)48(7)50(9)52(11)54(13)56(15)58(17)60(19)62(21)64(23)66(25)68(27)70(29)72(31)74(33)76(35)78(37)80(39)82(41)84(43)83(42)81(40)79(38)77(36)75(34)73(32)71(30)69(28)67(26)65(24)63(22)61(20)59(18)57(16)55(14)53(12)51(10)49(8)47(6)45(3)4. The Balaban J connectivity index is 5.83. The van der Waals surface area contributed by atoms with Gasteiger partial charge in [-0.3, -0.25) is 0 Å². The third kappa shape index (κ3) is 59.3. The molecule has 588 valence electrons. The Morgan fingerprint density at radius 2 is 0.0952 bits per heavy atom. The van der Waals surface area contributed by atoms with Crippen LogP contribution in [0.1, 0.15) is 0 Å². The molecule has 84 heteroatoms. The van der Waals surface area contributed by atoms with Gasteiger partial charge in [-0.15, -0.1) is 0 Å². The van der Waals surface area contributed by atoms with Crippen molar-refractivity contribution >= 4 is 1120 Å². The van der Waals surface area contributed by atoms with Crippen molar-refractivity contribution in [3.05, 3.63) is 0 Å². The van der Waals surface area contributed by atoms with Crippen LogP contribution in [0.5, 0.6) is 0 Å². The molecule has 0 aromatic heterocycles. The number of hydrogen-bond donors (Lipinski definition) is 0. The molecule has 84 heavy (non-hydrogen) atoms. The summed E-state index contributed by atoms with van der Waals surface area (Å²) in [5, 5.41) is 0. The second-order valence-electron chi connectivity index (χ2n) is 6.64. The van der Waals surface area contributed by atoms with Gasteiger partial charge in [0.05, 0.1) is 0 Å². The average Bonchev–Trinajstić information content (AvgIpc) is 3.50. The van der Waals surface area contributed by atoms with Gasteiger partial charge in [-0.1, -0.05) is 0 Å². The first-order valence-electron chi connectivity index (χ1n) is 11.9. The van der Waals surface area contributed by atoms with Crippen LogP contribution in [0.15, 0.2) is 0 Å². The Hall–Kier alpha value is 61.3. The Morgan fingerprint density at radius 3 is 0.131 bits per heavy atom. The van der Waals surface area contributed by atoms with Crippen molar-refractivity contribution in [2.75, 3.05) is 0 Å². The summed E-state index contributed by atoms with van der Waals surface area (Å²) in [6.07, 6.45) is 0. The predicted octanol–water partition coefficient (Wildman–Crippen LogP) is 74.4. The van der Waals surface area contributed by atoms with Crippen molar-refractivity contribution in [1.29, 1.82) is 0 Å². The van der Waals surface area contributed by atoms with Crippen LogP contribution >= 0.6 is 1120 Å². The van der Waals surface area contributed by atoms with E-state index in [4.69, 9.17) is 0 Å². The van der Waals surface area contributed by atoms with Gasteiger partial charge in [-0.05, 0) is 0 Å². The van der Waals surface area contributed by atoms with Crippen molar-refractivity contribution in [3.8, 4) is 0 Å². The van der Waals surface area contributed by atoms with E-state index in [0.717, 1.165) is 0 Å². The topological polar surface area (TPSA) is 0 Å². The van der Waals surface area contributed by atoms with Gasteiger partial charge in [0.25, 0.3) is 0 Å². The molecule has 0 saturated heterocycles. The van der Waals surface area contributed by atoms with E-state index in [1.54, 1.807) is 0 Å². The van der Waals surface area contributed by atoms with Crippen molar-refractivity contribution < 1.29 is 0 Å². The molecule has 0 heterocycles. The third-order valence-electron chi connectivity index (χ3n) is 3.27. The molecule has 0 rings (SSSR count). The second kappa shape index (κ2) is 87.3. The van der Waals surface area contributed by atoms with Crippen LogP contribution in [-0.4, -0.2) is 0 Å². The predicted molar refractivity (Wildman–Crippen MR) is 1180 cm³/mol. The van der Waals surface area contributed by atoms with Crippen LogP contribution in [0.3, 0.4) is 0 Å². The summed E-state index contributed by atoms with van der Waals surface area (Å²) < 4.78 is 0. The van der Waals surface area contributed by atoms with E-state index in [-0.39, 0.29) is 0 Å². The summed E-state index contributed by atoms with van der Waals surface area (Å²) in [6.45, 7) is 0. The SMILES string of the molecule is II(I)I(I)I(I)I(I)I(I)I(I)I(I)I(I)I(I)I(I)I(I)I(I)I(I)I(I)I(I)I(I)I(I)I(I)I(I)I(I)I(I)I(I)I(I)I(I)I(I)I(I)I(I)I(I)I(I)I(I)I(I)I(I)I(I)I(I)I(I)I(I)I(I)I(I)I(I)I(I)I(I)I. The summed E-state index contributed by atoms with van der Waals surface area (Å²) >= 11 is 145. The molecule has 0 fully saturated rings. The van der Waals surface area contributed by atoms with Crippen LogP contribution in [0.2, 0.25) is 0 Å². The van der Waals surface area contributed by atoms with Crippen LogP contribution in [0, 0.1) is 0 Å². The van der Waals surface area contributed by atoms with E-state index in [1.165, 1.54) is 0 Å². The third-order valence-corrected chi connectivity index (χ3v) is 6610. The van der Waals surface area contributed by atoms with Crippen LogP contribution in [0.4, 0.5) is 0 Å². The molecule has 0 nitrogen and oxygen atoms in total. The zero-order chi connectivity index (χ0) is 66.7. The minimum atomic E-state index is -0.643. The van der Waals surface area contributed by atoms with E-state index >= 15 is 0 Å². The molecule has 0 aromatic rings. The van der Waals surface area contributed by atoms with Gasteiger partial charge in [0.2, 0.25) is 0 Å². The van der Waals surface area contributed by atoms with Gasteiger partial charge in [-0.2, -0.15) is 0 Å². The molecule has 0 bridgehead atoms. The first kappa shape index (κ1) is 145. The zero-order valence-corrected chi connectivity index (χ0v) is 213.